The Morgan fingerprint density at radius 3 is 2.75 bits per heavy atom. The summed E-state index contributed by atoms with van der Waals surface area (Å²) in [6.45, 7) is 7.83. The van der Waals surface area contributed by atoms with Crippen LogP contribution >= 0.6 is 0 Å². The summed E-state index contributed by atoms with van der Waals surface area (Å²) in [7, 11) is 0. The molecular formula is C25H27N3O4. The van der Waals surface area contributed by atoms with Gasteiger partial charge in [0.1, 0.15) is 29.4 Å². The Bertz CT molecular complexity index is 1260. The summed E-state index contributed by atoms with van der Waals surface area (Å²) in [6.07, 6.45) is 2.60. The van der Waals surface area contributed by atoms with E-state index in [0.29, 0.717) is 43.4 Å². The minimum absolute atomic E-state index is 0.366. The number of hydrogen-bond donors (Lipinski definition) is 0. The fourth-order valence-corrected chi connectivity index (χ4v) is 3.41. The molecule has 7 heteroatoms. The minimum atomic E-state index is -0.422. The van der Waals surface area contributed by atoms with Crippen LogP contribution in [-0.2, 0) is 13.2 Å². The molecule has 0 spiro atoms. The van der Waals surface area contributed by atoms with Crippen molar-refractivity contribution in [3.63, 3.8) is 0 Å². The van der Waals surface area contributed by atoms with Crippen molar-refractivity contribution < 1.29 is 13.9 Å². The van der Waals surface area contributed by atoms with Crippen molar-refractivity contribution in [3.05, 3.63) is 82.0 Å². The molecule has 0 saturated carbocycles. The van der Waals surface area contributed by atoms with Crippen LogP contribution in [0, 0.1) is 6.92 Å². The maximum atomic E-state index is 11.7. The zero-order valence-electron chi connectivity index (χ0n) is 18.6. The second-order valence-corrected chi connectivity index (χ2v) is 8.07. The Labute approximate surface area is 186 Å². The zero-order chi connectivity index (χ0) is 22.5. The lowest BCUT2D eigenvalue weighted by Gasteiger charge is -2.11. The van der Waals surface area contributed by atoms with E-state index >= 15 is 0 Å². The van der Waals surface area contributed by atoms with E-state index in [2.05, 4.69) is 42.4 Å². The van der Waals surface area contributed by atoms with Crippen LogP contribution in [0.2, 0.25) is 0 Å². The number of aromatic nitrogens is 3. The number of hydrogen-bond acceptors (Lipinski definition) is 6. The molecule has 2 heterocycles. The smallest absolute Gasteiger partial charge is 0.339 e. The van der Waals surface area contributed by atoms with Crippen molar-refractivity contribution in [1.82, 2.24) is 15.0 Å². The molecule has 0 amide bonds. The van der Waals surface area contributed by atoms with Crippen molar-refractivity contribution in [2.75, 3.05) is 6.61 Å². The number of ether oxygens (including phenoxy) is 2. The summed E-state index contributed by atoms with van der Waals surface area (Å²) in [4.78, 5) is 11.7. The molecule has 4 rings (SSSR count). The highest BCUT2D eigenvalue weighted by molar-refractivity contribution is 5.82. The van der Waals surface area contributed by atoms with Gasteiger partial charge in [0.25, 0.3) is 0 Å². The molecule has 0 fully saturated rings. The van der Waals surface area contributed by atoms with Gasteiger partial charge in [-0.2, -0.15) is 0 Å². The van der Waals surface area contributed by atoms with Crippen LogP contribution < -0.4 is 15.1 Å². The van der Waals surface area contributed by atoms with Gasteiger partial charge in [0.05, 0.1) is 24.3 Å². The highest BCUT2D eigenvalue weighted by Gasteiger charge is 2.08. The fraction of sp³-hybridized carbons (Fsp3) is 0.320. The molecule has 0 radical (unpaired) electrons. The average Bonchev–Trinajstić information content (AvgIpc) is 3.23. The quantitative estimate of drug-likeness (QED) is 0.277. The molecule has 2 aromatic heterocycles. The monoisotopic (exact) mass is 433 g/mol. The number of para-hydroxylation sites is 1. The van der Waals surface area contributed by atoms with Gasteiger partial charge < -0.3 is 13.9 Å². The van der Waals surface area contributed by atoms with Gasteiger partial charge in [-0.15, -0.1) is 5.10 Å². The molecule has 0 N–H and O–H groups in total. The maximum Gasteiger partial charge on any atom is 0.339 e. The van der Waals surface area contributed by atoms with Crippen LogP contribution in [0.15, 0.2) is 63.9 Å². The van der Waals surface area contributed by atoms with Gasteiger partial charge in [-0.3, -0.25) is 4.68 Å². The van der Waals surface area contributed by atoms with E-state index < -0.39 is 5.63 Å². The Morgan fingerprint density at radius 2 is 1.91 bits per heavy atom. The van der Waals surface area contributed by atoms with Gasteiger partial charge in [-0.05, 0) is 42.2 Å². The lowest BCUT2D eigenvalue weighted by Crippen LogP contribution is -2.07. The summed E-state index contributed by atoms with van der Waals surface area (Å²) >= 11 is 0. The van der Waals surface area contributed by atoms with Crippen molar-refractivity contribution in [2.24, 2.45) is 0 Å². The standard InChI is InChI=1S/C25H27N3O4/c1-17(2)19-10-9-18(3)23(13-19)31-16-20-15-28(27-26-20)11-6-12-30-24-14-25(29)32-22-8-5-4-7-21(22)24/h4-5,7-10,13-15,17H,6,11-12,16H2,1-3H3. The molecule has 2 aromatic carbocycles. The van der Waals surface area contributed by atoms with E-state index in [-0.39, 0.29) is 0 Å². The number of fused-ring (bicyclic) bond motifs is 1. The van der Waals surface area contributed by atoms with Gasteiger partial charge in [-0.25, -0.2) is 4.79 Å². The number of aryl methyl sites for hydroxylation is 2. The molecule has 0 bridgehead atoms. The molecule has 0 aliphatic rings. The lowest BCUT2D eigenvalue weighted by molar-refractivity contribution is 0.298. The van der Waals surface area contributed by atoms with E-state index in [0.717, 1.165) is 22.4 Å². The fourth-order valence-electron chi connectivity index (χ4n) is 3.41. The maximum absolute atomic E-state index is 11.7. The number of nitrogens with zero attached hydrogens (tertiary/aromatic N) is 3. The van der Waals surface area contributed by atoms with Gasteiger partial charge >= 0.3 is 5.63 Å². The van der Waals surface area contributed by atoms with E-state index in [9.17, 15) is 4.79 Å². The molecule has 32 heavy (non-hydrogen) atoms. The SMILES string of the molecule is Cc1ccc(C(C)C)cc1OCc1cn(CCCOc2cc(=O)oc3ccccc23)nn1. The first-order chi connectivity index (χ1) is 15.5. The van der Waals surface area contributed by atoms with Crippen LogP contribution in [-0.4, -0.2) is 21.6 Å². The van der Waals surface area contributed by atoms with Crippen LogP contribution in [0.3, 0.4) is 0 Å². The van der Waals surface area contributed by atoms with Crippen LogP contribution in [0.1, 0.15) is 43.0 Å². The van der Waals surface area contributed by atoms with Crippen LogP contribution in [0.25, 0.3) is 11.0 Å². The molecule has 166 valence electrons. The Balaban J connectivity index is 1.29. The molecular weight excluding hydrogens is 406 g/mol. The molecule has 0 saturated heterocycles. The Hall–Kier alpha value is -3.61. The second kappa shape index (κ2) is 9.68. The summed E-state index contributed by atoms with van der Waals surface area (Å²) in [6, 6.07) is 15.0. The number of rotatable bonds is 9. The molecule has 4 aromatic rings. The first kappa shape index (κ1) is 21.6. The highest BCUT2D eigenvalue weighted by atomic mass is 16.5. The molecule has 0 aliphatic heterocycles. The normalized spacial score (nSPS) is 11.2. The first-order valence-electron chi connectivity index (χ1n) is 10.8. The topological polar surface area (TPSA) is 79.4 Å². The highest BCUT2D eigenvalue weighted by Crippen LogP contribution is 2.25. The van der Waals surface area contributed by atoms with Crippen molar-refractivity contribution >= 4 is 11.0 Å². The second-order valence-electron chi connectivity index (χ2n) is 8.07. The molecule has 0 unspecified atom stereocenters. The summed E-state index contributed by atoms with van der Waals surface area (Å²) in [5.74, 6) is 1.85. The van der Waals surface area contributed by atoms with E-state index in [1.807, 2.05) is 31.3 Å². The van der Waals surface area contributed by atoms with Gasteiger partial charge in [0.15, 0.2) is 0 Å². The minimum Gasteiger partial charge on any atom is -0.492 e. The average molecular weight is 434 g/mol. The first-order valence-corrected chi connectivity index (χ1v) is 10.8. The van der Waals surface area contributed by atoms with Crippen molar-refractivity contribution in [1.29, 1.82) is 0 Å². The van der Waals surface area contributed by atoms with Gasteiger partial charge in [0.2, 0.25) is 0 Å². The van der Waals surface area contributed by atoms with E-state index in [1.54, 1.807) is 10.7 Å². The van der Waals surface area contributed by atoms with Crippen LogP contribution in [0.5, 0.6) is 11.5 Å². The summed E-state index contributed by atoms with van der Waals surface area (Å²) in [5.41, 5.74) is 3.21. The number of benzene rings is 2. The summed E-state index contributed by atoms with van der Waals surface area (Å²) in [5, 5.41) is 9.15. The Morgan fingerprint density at radius 1 is 1.06 bits per heavy atom. The van der Waals surface area contributed by atoms with Gasteiger partial charge in [0, 0.05) is 13.0 Å². The third-order valence-corrected chi connectivity index (χ3v) is 5.24. The Kier molecular flexibility index (Phi) is 6.54. The predicted octanol–water partition coefficient (Wildman–Crippen LogP) is 4.86. The summed E-state index contributed by atoms with van der Waals surface area (Å²) < 4.78 is 18.8. The molecule has 0 atom stereocenters. The third-order valence-electron chi connectivity index (χ3n) is 5.24. The van der Waals surface area contributed by atoms with Crippen molar-refractivity contribution in [3.8, 4) is 11.5 Å². The lowest BCUT2D eigenvalue weighted by atomic mass is 10.0. The zero-order valence-corrected chi connectivity index (χ0v) is 18.6. The van der Waals surface area contributed by atoms with E-state index in [4.69, 9.17) is 13.9 Å². The molecule has 7 nitrogen and oxygen atoms in total. The van der Waals surface area contributed by atoms with Crippen molar-refractivity contribution in [2.45, 2.75) is 46.3 Å². The van der Waals surface area contributed by atoms with Gasteiger partial charge in [-0.1, -0.05) is 43.3 Å². The predicted molar refractivity (Wildman–Crippen MR) is 122 cm³/mol. The molecule has 0 aliphatic carbocycles. The van der Waals surface area contributed by atoms with Crippen LogP contribution in [0.4, 0.5) is 0 Å². The third kappa shape index (κ3) is 5.17. The largest absolute Gasteiger partial charge is 0.492 e. The van der Waals surface area contributed by atoms with E-state index in [1.165, 1.54) is 11.6 Å².